The van der Waals surface area contributed by atoms with Crippen molar-refractivity contribution >= 4 is 5.97 Å². The summed E-state index contributed by atoms with van der Waals surface area (Å²) in [6.07, 6.45) is 2.57. The van der Waals surface area contributed by atoms with Crippen LogP contribution in [0, 0.1) is 46.9 Å². The van der Waals surface area contributed by atoms with E-state index in [4.69, 9.17) is 4.74 Å². The lowest BCUT2D eigenvalue weighted by Gasteiger charge is -2.29. The van der Waals surface area contributed by atoms with Gasteiger partial charge in [0.05, 0.1) is 5.41 Å². The highest BCUT2D eigenvalue weighted by molar-refractivity contribution is 5.76. The van der Waals surface area contributed by atoms with Crippen molar-refractivity contribution in [1.29, 1.82) is 0 Å². The molecule has 0 aliphatic carbocycles. The van der Waals surface area contributed by atoms with Crippen LogP contribution in [0.5, 0.6) is 5.75 Å². The minimum atomic E-state index is -0.741. The number of alkyl halides is 1. The highest BCUT2D eigenvalue weighted by atomic mass is 19.1. The van der Waals surface area contributed by atoms with E-state index >= 15 is 0 Å². The van der Waals surface area contributed by atoms with Crippen molar-refractivity contribution in [3.8, 4) is 41.3 Å². The summed E-state index contributed by atoms with van der Waals surface area (Å²) >= 11 is 0. The number of phenols is 1. The number of phenolic OH excluding ortho intramolecular Hbond substituents is 1. The van der Waals surface area contributed by atoms with E-state index < -0.39 is 12.1 Å². The highest BCUT2D eigenvalue weighted by Gasteiger charge is 2.33. The topological polar surface area (TPSA) is 46.5 Å². The summed E-state index contributed by atoms with van der Waals surface area (Å²) in [6.45, 7) is 7.26. The molecule has 1 rings (SSSR count). The molecule has 0 saturated heterocycles. The van der Waals surface area contributed by atoms with Gasteiger partial charge in [0, 0.05) is 0 Å². The number of carbonyl (C=O) groups is 1. The average molecular weight is 397 g/mol. The molecule has 4 heteroatoms. The summed E-state index contributed by atoms with van der Waals surface area (Å²) in [5.74, 6) is 15.0. The minimum Gasteiger partial charge on any atom is -0.508 e. The number of esters is 1. The Bertz CT molecular complexity index is 853. The molecule has 3 nitrogen and oxygen atoms in total. The molecule has 0 bridgehead atoms. The molecule has 0 amide bonds. The molecule has 0 aromatic heterocycles. The first-order valence-electron chi connectivity index (χ1n) is 9.78. The number of aromatic hydroxyl groups is 1. The maximum Gasteiger partial charge on any atom is 0.312 e. The van der Waals surface area contributed by atoms with Crippen molar-refractivity contribution in [2.75, 3.05) is 13.3 Å². The van der Waals surface area contributed by atoms with Crippen LogP contribution in [0.4, 0.5) is 4.39 Å². The molecule has 1 N–H and O–H groups in total. The zero-order valence-electron chi connectivity index (χ0n) is 17.6. The fourth-order valence-corrected chi connectivity index (χ4v) is 2.99. The molecule has 2 atom stereocenters. The van der Waals surface area contributed by atoms with Crippen LogP contribution in [0.3, 0.4) is 0 Å². The van der Waals surface area contributed by atoms with Crippen molar-refractivity contribution in [1.82, 2.24) is 0 Å². The molecule has 0 spiro atoms. The van der Waals surface area contributed by atoms with Gasteiger partial charge >= 0.3 is 5.97 Å². The van der Waals surface area contributed by atoms with Gasteiger partial charge in [0.2, 0.25) is 0 Å². The summed E-state index contributed by atoms with van der Waals surface area (Å²) in [4.78, 5) is 12.6. The third-order valence-electron chi connectivity index (χ3n) is 4.74. The zero-order chi connectivity index (χ0) is 21.7. The van der Waals surface area contributed by atoms with Crippen molar-refractivity contribution in [2.45, 2.75) is 52.9 Å². The van der Waals surface area contributed by atoms with Crippen LogP contribution in [0.2, 0.25) is 0 Å². The van der Waals surface area contributed by atoms with E-state index in [1.807, 2.05) is 26.0 Å². The maximum absolute atomic E-state index is 12.6. The van der Waals surface area contributed by atoms with E-state index in [1.165, 1.54) is 0 Å². The van der Waals surface area contributed by atoms with E-state index in [9.17, 15) is 14.3 Å². The number of hydrogen-bond acceptors (Lipinski definition) is 3. The molecule has 0 aliphatic heterocycles. The number of rotatable bonds is 8. The van der Waals surface area contributed by atoms with Gasteiger partial charge < -0.3 is 9.84 Å². The highest BCUT2D eigenvalue weighted by Crippen LogP contribution is 2.38. The Kier molecular flexibility index (Phi) is 10.4. The molecule has 0 heterocycles. The van der Waals surface area contributed by atoms with E-state index in [-0.39, 0.29) is 24.2 Å². The van der Waals surface area contributed by atoms with Crippen LogP contribution in [-0.4, -0.2) is 24.4 Å². The monoisotopic (exact) mass is 396 g/mol. The van der Waals surface area contributed by atoms with Gasteiger partial charge in [-0.1, -0.05) is 38.3 Å². The summed E-state index contributed by atoms with van der Waals surface area (Å²) in [7, 11) is 0. The van der Waals surface area contributed by atoms with Crippen molar-refractivity contribution in [3.05, 3.63) is 29.8 Å². The largest absolute Gasteiger partial charge is 0.508 e. The van der Waals surface area contributed by atoms with Crippen molar-refractivity contribution in [2.24, 2.45) is 11.3 Å². The number of halogens is 1. The molecule has 29 heavy (non-hydrogen) atoms. The molecular formula is C25H29FO3. The fraction of sp³-hybridized carbons (Fsp3) is 0.480. The quantitative estimate of drug-likeness (QED) is 0.505. The number of carbonyl (C=O) groups excluding carboxylic acids is 1. The van der Waals surface area contributed by atoms with Gasteiger partial charge in [0.15, 0.2) is 13.3 Å². The summed E-state index contributed by atoms with van der Waals surface area (Å²) < 4.78 is 17.1. The van der Waals surface area contributed by atoms with Crippen molar-refractivity contribution < 1.29 is 19.0 Å². The van der Waals surface area contributed by atoms with Gasteiger partial charge in [-0.15, -0.1) is 0 Å². The van der Waals surface area contributed by atoms with Crippen LogP contribution in [0.1, 0.15) is 58.4 Å². The summed E-state index contributed by atoms with van der Waals surface area (Å²) in [5, 5.41) is 9.85. The molecule has 0 saturated carbocycles. The lowest BCUT2D eigenvalue weighted by molar-refractivity contribution is -0.153. The minimum absolute atomic E-state index is 0.0599. The van der Waals surface area contributed by atoms with Crippen LogP contribution in [0.15, 0.2) is 24.3 Å². The molecule has 1 aromatic rings. The predicted molar refractivity (Wildman–Crippen MR) is 114 cm³/mol. The number of benzene rings is 1. The summed E-state index contributed by atoms with van der Waals surface area (Å²) in [6, 6.07) is 7.23. The van der Waals surface area contributed by atoms with Gasteiger partial charge in [-0.05, 0) is 85.8 Å². The van der Waals surface area contributed by atoms with Crippen molar-refractivity contribution in [3.63, 3.8) is 0 Å². The van der Waals surface area contributed by atoms with Gasteiger partial charge in [-0.2, -0.15) is 0 Å². The Balaban J connectivity index is 2.79. The van der Waals surface area contributed by atoms with Crippen LogP contribution < -0.4 is 0 Å². The third-order valence-corrected chi connectivity index (χ3v) is 4.74. The Hall–Kier alpha value is -2.90. The van der Waals surface area contributed by atoms with Gasteiger partial charge in [0.1, 0.15) is 5.75 Å². The van der Waals surface area contributed by atoms with E-state index in [0.29, 0.717) is 12.3 Å². The second-order valence-corrected chi connectivity index (χ2v) is 7.69. The van der Waals surface area contributed by atoms with E-state index in [2.05, 4.69) is 49.4 Å². The first-order valence-corrected chi connectivity index (χ1v) is 9.78. The Labute approximate surface area is 174 Å². The van der Waals surface area contributed by atoms with Crippen LogP contribution in [0.25, 0.3) is 0 Å². The lowest BCUT2D eigenvalue weighted by Crippen LogP contribution is -2.29. The van der Waals surface area contributed by atoms with Crippen LogP contribution in [-0.2, 0) is 9.53 Å². The molecule has 154 valence electrons. The van der Waals surface area contributed by atoms with Gasteiger partial charge in [0.25, 0.3) is 0 Å². The molecule has 0 radical (unpaired) electrons. The first-order chi connectivity index (χ1) is 13.8. The Morgan fingerprint density at radius 3 is 2.52 bits per heavy atom. The standard InChI is InChI=1S/C25H29FO3/c1-5-20(2)17-22(21-13-12-14-23(27)18-21)19-25(3,4)24(28)29-16-11-9-7-6-8-10-15-26/h12-14,18,20,22,27H,5,15-17,19H2,1-4H3. The van der Waals surface area contributed by atoms with Crippen LogP contribution >= 0.6 is 0 Å². The van der Waals surface area contributed by atoms with E-state index in [1.54, 1.807) is 12.1 Å². The Morgan fingerprint density at radius 1 is 1.21 bits per heavy atom. The molecule has 0 fully saturated rings. The fourth-order valence-electron chi connectivity index (χ4n) is 2.99. The van der Waals surface area contributed by atoms with E-state index in [0.717, 1.165) is 18.4 Å². The Morgan fingerprint density at radius 2 is 1.90 bits per heavy atom. The number of ether oxygens (including phenoxy) is 1. The average Bonchev–Trinajstić information content (AvgIpc) is 2.69. The molecular weight excluding hydrogens is 367 g/mol. The third kappa shape index (κ3) is 9.23. The lowest BCUT2D eigenvalue weighted by atomic mass is 9.76. The molecule has 1 aromatic carbocycles. The van der Waals surface area contributed by atoms with Gasteiger partial charge in [-0.25, -0.2) is 4.39 Å². The second kappa shape index (κ2) is 12.5. The first kappa shape index (κ1) is 24.1. The number of hydrogen-bond donors (Lipinski definition) is 1. The molecule has 2 unspecified atom stereocenters. The normalized spacial score (nSPS) is 12.2. The SMILES string of the molecule is CCC(C)CC(CC(C)(C)C(=O)OCC#CC#CC#CCF)c1cccc(O)c1. The maximum atomic E-state index is 12.6. The van der Waals surface area contributed by atoms with Gasteiger partial charge in [-0.3, -0.25) is 4.79 Å². The predicted octanol–water partition coefficient (Wildman–Crippen LogP) is 4.85. The second-order valence-electron chi connectivity index (χ2n) is 7.69. The smallest absolute Gasteiger partial charge is 0.312 e. The molecule has 0 aliphatic rings. The summed E-state index contributed by atoms with van der Waals surface area (Å²) in [5.41, 5.74) is 0.319. The zero-order valence-corrected chi connectivity index (χ0v) is 17.6.